The minimum Gasteiger partial charge on any atom is -0.481 e. The van der Waals surface area contributed by atoms with Gasteiger partial charge < -0.3 is 34.9 Å². The zero-order valence-corrected chi connectivity index (χ0v) is 13.4. The van der Waals surface area contributed by atoms with Crippen LogP contribution < -0.4 is 5.32 Å². The number of hydrogen-bond donors (Lipinski definition) is 5. The molecule has 1 saturated heterocycles. The van der Waals surface area contributed by atoms with Gasteiger partial charge in [0.25, 0.3) is 5.95 Å². The summed E-state index contributed by atoms with van der Waals surface area (Å²) in [5.41, 5.74) is 0.820. The largest absolute Gasteiger partial charge is 0.481 e. The van der Waals surface area contributed by atoms with Crippen molar-refractivity contribution in [3.8, 4) is 5.95 Å². The fraction of sp³-hybridized carbons (Fsp3) is 0.400. The second-order valence-corrected chi connectivity index (χ2v) is 5.87. The molecule has 0 saturated carbocycles. The normalized spacial score (nSPS) is 25.8. The summed E-state index contributed by atoms with van der Waals surface area (Å²) >= 11 is 0. The predicted molar refractivity (Wildman–Crippen MR) is 86.0 cm³/mol. The lowest BCUT2D eigenvalue weighted by atomic mass is 10.1. The number of aromatic hydroxyl groups is 1. The highest BCUT2D eigenvalue weighted by atomic mass is 16.6. The highest BCUT2D eigenvalue weighted by molar-refractivity contribution is 5.82. The van der Waals surface area contributed by atoms with Crippen LogP contribution in [0.2, 0.25) is 0 Å². The quantitative estimate of drug-likeness (QED) is 0.394. The summed E-state index contributed by atoms with van der Waals surface area (Å²) in [5, 5.41) is 41.6. The number of ether oxygens (including phenoxy) is 1. The van der Waals surface area contributed by atoms with Crippen LogP contribution in [0.15, 0.2) is 29.2 Å². The van der Waals surface area contributed by atoms with Crippen LogP contribution in [-0.4, -0.2) is 64.9 Å². The van der Waals surface area contributed by atoms with Crippen LogP contribution in [0.4, 0.5) is 5.82 Å². The van der Waals surface area contributed by atoms with Crippen molar-refractivity contribution in [3.05, 3.63) is 30.5 Å². The smallest absolute Gasteiger partial charge is 0.282 e. The van der Waals surface area contributed by atoms with Gasteiger partial charge in [0.2, 0.25) is 0 Å². The van der Waals surface area contributed by atoms with Crippen molar-refractivity contribution in [1.82, 2.24) is 19.5 Å². The summed E-state index contributed by atoms with van der Waals surface area (Å²) in [6.45, 7) is -0.146. The molecule has 138 valence electrons. The van der Waals surface area contributed by atoms with Crippen molar-refractivity contribution in [2.24, 2.45) is 0 Å². The van der Waals surface area contributed by atoms with Gasteiger partial charge in [-0.25, -0.2) is 15.0 Å². The molecule has 5 N–H and O–H groups in total. The third-order valence-electron chi connectivity index (χ3n) is 4.23. The van der Waals surface area contributed by atoms with Crippen LogP contribution in [0.1, 0.15) is 12.0 Å². The molecule has 1 fully saturated rings. The van der Waals surface area contributed by atoms with Gasteiger partial charge in [-0.3, -0.25) is 4.57 Å². The van der Waals surface area contributed by atoms with Crippen LogP contribution in [-0.2, 0) is 11.3 Å². The zero-order valence-electron chi connectivity index (χ0n) is 13.4. The van der Waals surface area contributed by atoms with Gasteiger partial charge >= 0.3 is 0 Å². The number of hydrogen-bond acceptors (Lipinski definition) is 10. The molecule has 0 amide bonds. The number of rotatable bonds is 5. The average Bonchev–Trinajstić information content (AvgIpc) is 3.32. The third kappa shape index (κ3) is 2.76. The SMILES string of the molecule is OC[C@H]1OC(n2cnc3c(NCc4ccc(O)o4)ncnc32)[C@@H](O)[C@@H]1O. The second kappa shape index (κ2) is 6.53. The Kier molecular flexibility index (Phi) is 4.20. The molecule has 1 aliphatic heterocycles. The van der Waals surface area contributed by atoms with Crippen molar-refractivity contribution >= 4 is 17.0 Å². The zero-order chi connectivity index (χ0) is 18.3. The summed E-state index contributed by atoms with van der Waals surface area (Å²) in [4.78, 5) is 12.6. The number of fused-ring (bicyclic) bond motifs is 1. The molecule has 0 bridgehead atoms. The number of nitrogens with zero attached hydrogens (tertiary/aromatic N) is 4. The summed E-state index contributed by atoms with van der Waals surface area (Å²) in [6.07, 6.45) is -1.53. The van der Waals surface area contributed by atoms with E-state index in [2.05, 4.69) is 20.3 Å². The van der Waals surface area contributed by atoms with Crippen molar-refractivity contribution in [3.63, 3.8) is 0 Å². The first kappa shape index (κ1) is 16.7. The number of furan rings is 1. The van der Waals surface area contributed by atoms with Gasteiger partial charge in [0.15, 0.2) is 23.2 Å². The molecule has 0 radical (unpaired) electrons. The van der Waals surface area contributed by atoms with Crippen LogP contribution >= 0.6 is 0 Å². The number of aromatic nitrogens is 4. The van der Waals surface area contributed by atoms with Crippen molar-refractivity contribution in [2.45, 2.75) is 31.1 Å². The molecule has 1 unspecified atom stereocenters. The van der Waals surface area contributed by atoms with E-state index < -0.39 is 31.1 Å². The van der Waals surface area contributed by atoms with Crippen LogP contribution in [0.5, 0.6) is 5.95 Å². The fourth-order valence-corrected chi connectivity index (χ4v) is 2.91. The lowest BCUT2D eigenvalue weighted by molar-refractivity contribution is -0.0511. The lowest BCUT2D eigenvalue weighted by Gasteiger charge is -2.16. The van der Waals surface area contributed by atoms with E-state index in [1.54, 1.807) is 6.07 Å². The predicted octanol–water partition coefficient (Wildman–Crippen LogP) is -0.652. The Hall–Kier alpha value is -2.73. The summed E-state index contributed by atoms with van der Waals surface area (Å²) < 4.78 is 12.1. The van der Waals surface area contributed by atoms with E-state index in [0.29, 0.717) is 22.7 Å². The van der Waals surface area contributed by atoms with Gasteiger partial charge in [0.05, 0.1) is 19.5 Å². The number of imidazole rings is 1. The first-order valence-corrected chi connectivity index (χ1v) is 7.90. The maximum atomic E-state index is 10.2. The molecule has 3 aromatic heterocycles. The number of anilines is 1. The average molecular weight is 363 g/mol. The summed E-state index contributed by atoms with van der Waals surface area (Å²) in [5.74, 6) is 0.761. The Labute approximate surface area is 146 Å². The van der Waals surface area contributed by atoms with Crippen LogP contribution in [0.25, 0.3) is 11.2 Å². The standard InChI is InChI=1S/C15H17N5O6/c21-4-8-11(23)12(24)15(26-8)20-6-19-10-13(17-5-18-14(10)20)16-3-7-1-2-9(22)25-7/h1-2,5-6,8,11-12,15,21-24H,3-4H2,(H,16,17,18)/t8-,11-,12+,15?/m1/s1. The van der Waals surface area contributed by atoms with Crippen molar-refractivity contribution in [2.75, 3.05) is 11.9 Å². The van der Waals surface area contributed by atoms with E-state index in [9.17, 15) is 20.4 Å². The first-order chi connectivity index (χ1) is 12.6. The minimum atomic E-state index is -1.23. The molecule has 3 aromatic rings. The van der Waals surface area contributed by atoms with Gasteiger partial charge in [-0.15, -0.1) is 0 Å². The Balaban J connectivity index is 1.61. The van der Waals surface area contributed by atoms with E-state index in [-0.39, 0.29) is 12.5 Å². The van der Waals surface area contributed by atoms with Gasteiger partial charge in [-0.2, -0.15) is 0 Å². The molecular weight excluding hydrogens is 346 g/mol. The molecule has 11 nitrogen and oxygen atoms in total. The highest BCUT2D eigenvalue weighted by Crippen LogP contribution is 2.32. The Morgan fingerprint density at radius 2 is 2.00 bits per heavy atom. The number of aliphatic hydroxyl groups is 3. The maximum absolute atomic E-state index is 10.2. The summed E-state index contributed by atoms with van der Waals surface area (Å²) in [7, 11) is 0. The van der Waals surface area contributed by atoms with E-state index in [1.807, 2.05) is 0 Å². The third-order valence-corrected chi connectivity index (χ3v) is 4.23. The molecule has 26 heavy (non-hydrogen) atoms. The molecule has 4 rings (SSSR count). The van der Waals surface area contributed by atoms with Crippen molar-refractivity contribution < 1.29 is 29.6 Å². The van der Waals surface area contributed by atoms with Gasteiger partial charge in [0, 0.05) is 6.07 Å². The molecule has 0 aromatic carbocycles. The molecule has 0 aliphatic carbocycles. The van der Waals surface area contributed by atoms with Gasteiger partial charge in [-0.05, 0) is 6.07 Å². The van der Waals surface area contributed by atoms with E-state index in [0.717, 1.165) is 0 Å². The minimum absolute atomic E-state index is 0.178. The Bertz CT molecular complexity index is 911. The first-order valence-electron chi connectivity index (χ1n) is 7.90. The fourth-order valence-electron chi connectivity index (χ4n) is 2.91. The van der Waals surface area contributed by atoms with Gasteiger partial charge in [-0.1, -0.05) is 0 Å². The number of nitrogens with one attached hydrogen (secondary N) is 1. The highest BCUT2D eigenvalue weighted by Gasteiger charge is 2.44. The van der Waals surface area contributed by atoms with E-state index in [1.165, 1.54) is 23.3 Å². The van der Waals surface area contributed by atoms with E-state index in [4.69, 9.17) is 9.15 Å². The molecule has 0 spiro atoms. The molecule has 1 aliphatic rings. The molecule has 11 heteroatoms. The van der Waals surface area contributed by atoms with Crippen LogP contribution in [0.3, 0.4) is 0 Å². The molecule has 4 atom stereocenters. The second-order valence-electron chi connectivity index (χ2n) is 5.87. The Morgan fingerprint density at radius 1 is 1.15 bits per heavy atom. The van der Waals surface area contributed by atoms with E-state index >= 15 is 0 Å². The Morgan fingerprint density at radius 3 is 2.69 bits per heavy atom. The molecule has 4 heterocycles. The number of aliphatic hydroxyl groups excluding tert-OH is 3. The monoisotopic (exact) mass is 363 g/mol. The van der Waals surface area contributed by atoms with Gasteiger partial charge in [0.1, 0.15) is 30.4 Å². The maximum Gasteiger partial charge on any atom is 0.282 e. The topological polar surface area (TPSA) is 159 Å². The van der Waals surface area contributed by atoms with Crippen molar-refractivity contribution in [1.29, 1.82) is 0 Å². The lowest BCUT2D eigenvalue weighted by Crippen LogP contribution is -2.33. The van der Waals surface area contributed by atoms with Crippen LogP contribution in [0, 0.1) is 0 Å². The molecular formula is C15H17N5O6. The summed E-state index contributed by atoms with van der Waals surface area (Å²) in [6, 6.07) is 3.06.